The van der Waals surface area contributed by atoms with Gasteiger partial charge in [0.25, 0.3) is 0 Å². The van der Waals surface area contributed by atoms with Crippen LogP contribution in [0.5, 0.6) is 0 Å². The Bertz CT molecular complexity index is 666. The second kappa shape index (κ2) is 7.39. The summed E-state index contributed by atoms with van der Waals surface area (Å²) >= 11 is 0. The molecule has 128 valence electrons. The van der Waals surface area contributed by atoms with Gasteiger partial charge in [-0.25, -0.2) is 17.9 Å². The van der Waals surface area contributed by atoms with Gasteiger partial charge < -0.3 is 5.11 Å². The van der Waals surface area contributed by atoms with E-state index in [0.29, 0.717) is 38.1 Å². The fourth-order valence-corrected chi connectivity index (χ4v) is 4.01. The Morgan fingerprint density at radius 2 is 2.04 bits per heavy atom. The minimum absolute atomic E-state index is 0.0900. The van der Waals surface area contributed by atoms with Crippen LogP contribution in [0.4, 0.5) is 0 Å². The first kappa shape index (κ1) is 17.9. The lowest BCUT2D eigenvalue weighted by Crippen LogP contribution is -2.44. The highest BCUT2D eigenvalue weighted by Gasteiger charge is 2.25. The van der Waals surface area contributed by atoms with Gasteiger partial charge in [0.1, 0.15) is 0 Å². The van der Waals surface area contributed by atoms with E-state index in [0.717, 1.165) is 0 Å². The van der Waals surface area contributed by atoms with E-state index in [1.165, 1.54) is 18.2 Å². The van der Waals surface area contributed by atoms with Gasteiger partial charge in [-0.15, -0.1) is 0 Å². The maximum absolute atomic E-state index is 12.4. The maximum atomic E-state index is 12.4. The van der Waals surface area contributed by atoms with Gasteiger partial charge >= 0.3 is 5.97 Å². The number of carboxylic acids is 1. The first-order valence-corrected chi connectivity index (χ1v) is 9.06. The normalized spacial score (nSPS) is 17.3. The summed E-state index contributed by atoms with van der Waals surface area (Å²) in [4.78, 5) is 16.5. The molecular formula is C15H22N2O5S. The molecule has 0 aromatic heterocycles. The molecule has 1 aromatic rings. The van der Waals surface area contributed by atoms with E-state index in [9.17, 15) is 13.2 Å². The Hall–Kier alpha value is -1.48. The number of rotatable bonds is 6. The molecule has 0 radical (unpaired) electrons. The van der Waals surface area contributed by atoms with Crippen molar-refractivity contribution in [1.82, 2.24) is 9.79 Å². The van der Waals surface area contributed by atoms with Gasteiger partial charge in [-0.3, -0.25) is 4.84 Å². The molecule has 0 aliphatic carbocycles. The van der Waals surface area contributed by atoms with E-state index in [1.54, 1.807) is 6.92 Å². The molecule has 1 heterocycles. The van der Waals surface area contributed by atoms with E-state index in [1.807, 2.05) is 12.0 Å². The molecule has 1 saturated heterocycles. The standard InChI is InChI=1S/C15H22N2O5S/c1-3-22-17-8-6-12(7-9-17)16-23(20,21)13-4-5-14(15(18)19)11(2)10-13/h4-5,10,12,16H,3,6-9H2,1-2H3,(H,18,19). The molecule has 1 aromatic carbocycles. The minimum Gasteiger partial charge on any atom is -0.478 e. The zero-order valence-electron chi connectivity index (χ0n) is 13.3. The highest BCUT2D eigenvalue weighted by atomic mass is 32.2. The summed E-state index contributed by atoms with van der Waals surface area (Å²) in [5, 5.41) is 10.9. The van der Waals surface area contributed by atoms with E-state index in [4.69, 9.17) is 9.94 Å². The van der Waals surface area contributed by atoms with Crippen molar-refractivity contribution < 1.29 is 23.2 Å². The Balaban J connectivity index is 2.05. The van der Waals surface area contributed by atoms with Crippen LogP contribution in [0.2, 0.25) is 0 Å². The first-order valence-electron chi connectivity index (χ1n) is 7.57. The van der Waals surface area contributed by atoms with Crippen LogP contribution < -0.4 is 4.72 Å². The molecule has 2 rings (SSSR count). The van der Waals surface area contributed by atoms with Gasteiger partial charge in [0, 0.05) is 19.1 Å². The van der Waals surface area contributed by atoms with E-state index < -0.39 is 16.0 Å². The van der Waals surface area contributed by atoms with Gasteiger partial charge in [-0.2, -0.15) is 5.06 Å². The molecule has 0 saturated carbocycles. The van der Waals surface area contributed by atoms with Crippen molar-refractivity contribution in [2.45, 2.75) is 37.6 Å². The Morgan fingerprint density at radius 1 is 1.39 bits per heavy atom. The number of hydrogen-bond acceptors (Lipinski definition) is 5. The van der Waals surface area contributed by atoms with Gasteiger partial charge in [0.2, 0.25) is 10.0 Å². The Kier molecular flexibility index (Phi) is 5.74. The van der Waals surface area contributed by atoms with Crippen molar-refractivity contribution in [2.75, 3.05) is 19.7 Å². The molecule has 0 unspecified atom stereocenters. The predicted molar refractivity (Wildman–Crippen MR) is 84.7 cm³/mol. The lowest BCUT2D eigenvalue weighted by molar-refractivity contribution is -0.166. The molecule has 0 spiro atoms. The highest BCUT2D eigenvalue weighted by molar-refractivity contribution is 7.89. The third kappa shape index (κ3) is 4.51. The number of carboxylic acid groups (broad SMARTS) is 1. The number of aromatic carboxylic acids is 1. The lowest BCUT2D eigenvalue weighted by Gasteiger charge is -2.31. The highest BCUT2D eigenvalue weighted by Crippen LogP contribution is 2.18. The van der Waals surface area contributed by atoms with Crippen molar-refractivity contribution in [3.8, 4) is 0 Å². The summed E-state index contributed by atoms with van der Waals surface area (Å²) < 4.78 is 27.6. The quantitative estimate of drug-likeness (QED) is 0.811. The third-order valence-electron chi connectivity index (χ3n) is 3.83. The number of nitrogens with zero attached hydrogens (tertiary/aromatic N) is 1. The minimum atomic E-state index is -3.66. The Labute approximate surface area is 136 Å². The van der Waals surface area contributed by atoms with Crippen LogP contribution >= 0.6 is 0 Å². The smallest absolute Gasteiger partial charge is 0.335 e. The lowest BCUT2D eigenvalue weighted by atomic mass is 10.1. The van der Waals surface area contributed by atoms with Crippen LogP contribution in [-0.2, 0) is 14.9 Å². The number of benzene rings is 1. The van der Waals surface area contributed by atoms with Crippen molar-refractivity contribution >= 4 is 16.0 Å². The second-order valence-electron chi connectivity index (χ2n) is 5.52. The first-order chi connectivity index (χ1) is 10.8. The number of carbonyl (C=O) groups is 1. The molecule has 2 N–H and O–H groups in total. The van der Waals surface area contributed by atoms with Crippen molar-refractivity contribution in [2.24, 2.45) is 0 Å². The van der Waals surface area contributed by atoms with E-state index in [-0.39, 0.29) is 16.5 Å². The van der Waals surface area contributed by atoms with Crippen LogP contribution in [0.1, 0.15) is 35.7 Å². The summed E-state index contributed by atoms with van der Waals surface area (Å²) in [5.41, 5.74) is 0.528. The van der Waals surface area contributed by atoms with Crippen molar-refractivity contribution in [3.63, 3.8) is 0 Å². The van der Waals surface area contributed by atoms with E-state index in [2.05, 4.69) is 4.72 Å². The largest absolute Gasteiger partial charge is 0.478 e. The molecule has 7 nitrogen and oxygen atoms in total. The SMILES string of the molecule is CCON1CCC(NS(=O)(=O)c2ccc(C(=O)O)c(C)c2)CC1. The average molecular weight is 342 g/mol. The molecule has 0 amide bonds. The van der Waals surface area contributed by atoms with Crippen LogP contribution in [-0.4, -0.2) is 50.3 Å². The number of sulfonamides is 1. The van der Waals surface area contributed by atoms with Crippen LogP contribution in [0.25, 0.3) is 0 Å². The third-order valence-corrected chi connectivity index (χ3v) is 5.34. The van der Waals surface area contributed by atoms with Gasteiger partial charge in [-0.1, -0.05) is 0 Å². The second-order valence-corrected chi connectivity index (χ2v) is 7.24. The van der Waals surface area contributed by atoms with Crippen molar-refractivity contribution in [1.29, 1.82) is 0 Å². The van der Waals surface area contributed by atoms with Crippen LogP contribution in [0.15, 0.2) is 23.1 Å². The van der Waals surface area contributed by atoms with Gasteiger partial charge in [-0.05, 0) is 50.5 Å². The number of piperidine rings is 1. The predicted octanol–water partition coefficient (Wildman–Crippen LogP) is 1.39. The summed E-state index contributed by atoms with van der Waals surface area (Å²) in [6.07, 6.45) is 1.34. The summed E-state index contributed by atoms with van der Waals surface area (Å²) in [6.45, 7) is 5.46. The molecule has 23 heavy (non-hydrogen) atoms. The number of hydroxylamine groups is 2. The molecule has 0 bridgehead atoms. The number of aryl methyl sites for hydroxylation is 1. The van der Waals surface area contributed by atoms with Gasteiger partial charge in [0.15, 0.2) is 0 Å². The average Bonchev–Trinajstić information content (AvgIpc) is 2.49. The Morgan fingerprint density at radius 3 is 2.57 bits per heavy atom. The topological polar surface area (TPSA) is 95.9 Å². The van der Waals surface area contributed by atoms with Crippen molar-refractivity contribution in [3.05, 3.63) is 29.3 Å². The summed E-state index contributed by atoms with van der Waals surface area (Å²) in [7, 11) is -3.66. The maximum Gasteiger partial charge on any atom is 0.335 e. The molecule has 8 heteroatoms. The van der Waals surface area contributed by atoms with Crippen LogP contribution in [0, 0.1) is 6.92 Å². The fraction of sp³-hybridized carbons (Fsp3) is 0.533. The molecule has 1 aliphatic rings. The molecule has 1 aliphatic heterocycles. The number of nitrogens with one attached hydrogen (secondary N) is 1. The molecule has 0 atom stereocenters. The van der Waals surface area contributed by atoms with Crippen LogP contribution in [0.3, 0.4) is 0 Å². The number of hydrogen-bond donors (Lipinski definition) is 2. The van der Waals surface area contributed by atoms with E-state index >= 15 is 0 Å². The zero-order valence-corrected chi connectivity index (χ0v) is 14.1. The zero-order chi connectivity index (χ0) is 17.0. The summed E-state index contributed by atoms with van der Waals surface area (Å²) in [6, 6.07) is 3.90. The molecule has 1 fully saturated rings. The van der Waals surface area contributed by atoms with Gasteiger partial charge in [0.05, 0.1) is 17.1 Å². The summed E-state index contributed by atoms with van der Waals surface area (Å²) in [5.74, 6) is -1.07. The monoisotopic (exact) mass is 342 g/mol. The molecular weight excluding hydrogens is 320 g/mol. The fourth-order valence-electron chi connectivity index (χ4n) is 2.62.